The quantitative estimate of drug-likeness (QED) is 0.796. The van der Waals surface area contributed by atoms with Crippen LogP contribution in [0.3, 0.4) is 0 Å². The van der Waals surface area contributed by atoms with Crippen LogP contribution in [0.25, 0.3) is 5.69 Å². The maximum atomic E-state index is 13.1. The lowest BCUT2D eigenvalue weighted by Gasteiger charge is -2.06. The number of rotatable bonds is 2. The lowest BCUT2D eigenvalue weighted by atomic mass is 10.3. The molecule has 1 saturated heterocycles. The second kappa shape index (κ2) is 4.31. The molecule has 0 aliphatic carbocycles. The van der Waals surface area contributed by atoms with Gasteiger partial charge in [-0.15, -0.1) is 0 Å². The van der Waals surface area contributed by atoms with Gasteiger partial charge in [0.15, 0.2) is 6.29 Å². The molecular weight excluding hydrogens is 221 g/mol. The number of hydrogen-bond acceptors (Lipinski definition) is 2. The summed E-state index contributed by atoms with van der Waals surface area (Å²) >= 11 is 0. The molecule has 3 rings (SSSR count). The first kappa shape index (κ1) is 10.5. The number of benzene rings is 1. The van der Waals surface area contributed by atoms with E-state index in [0.717, 1.165) is 11.3 Å². The van der Waals surface area contributed by atoms with E-state index in [-0.39, 0.29) is 12.1 Å². The lowest BCUT2D eigenvalue weighted by molar-refractivity contribution is -0.0440. The molecule has 0 bridgehead atoms. The first-order chi connectivity index (χ1) is 8.33. The summed E-state index contributed by atoms with van der Waals surface area (Å²) < 4.78 is 25.8. The minimum atomic E-state index is -0.287. The SMILES string of the molecule is Fc1cccc(-n2ccc(C3OCCO3)c2)c1. The van der Waals surface area contributed by atoms with Crippen molar-refractivity contribution >= 4 is 0 Å². The zero-order chi connectivity index (χ0) is 11.7. The Bertz CT molecular complexity index is 518. The highest BCUT2D eigenvalue weighted by atomic mass is 19.1. The van der Waals surface area contributed by atoms with E-state index in [2.05, 4.69) is 0 Å². The lowest BCUT2D eigenvalue weighted by Crippen LogP contribution is -1.96. The van der Waals surface area contributed by atoms with Gasteiger partial charge in [0.2, 0.25) is 0 Å². The third-order valence-electron chi connectivity index (χ3n) is 2.72. The third-order valence-corrected chi connectivity index (χ3v) is 2.72. The van der Waals surface area contributed by atoms with Crippen LogP contribution in [-0.2, 0) is 9.47 Å². The summed E-state index contributed by atoms with van der Waals surface area (Å²) in [5, 5.41) is 0. The number of nitrogens with zero attached hydrogens (tertiary/aromatic N) is 1. The Morgan fingerprint density at radius 2 is 2.00 bits per heavy atom. The molecule has 0 N–H and O–H groups in total. The number of aromatic nitrogens is 1. The fourth-order valence-electron chi connectivity index (χ4n) is 1.90. The van der Waals surface area contributed by atoms with Crippen molar-refractivity contribution in [2.24, 2.45) is 0 Å². The van der Waals surface area contributed by atoms with Crippen molar-refractivity contribution in [3.8, 4) is 5.69 Å². The maximum Gasteiger partial charge on any atom is 0.185 e. The van der Waals surface area contributed by atoms with Gasteiger partial charge in [-0.2, -0.15) is 0 Å². The Kier molecular flexibility index (Phi) is 2.66. The molecular formula is C13H12FNO2. The summed E-state index contributed by atoms with van der Waals surface area (Å²) in [6, 6.07) is 8.37. The third kappa shape index (κ3) is 2.09. The first-order valence-corrected chi connectivity index (χ1v) is 5.50. The number of halogens is 1. The van der Waals surface area contributed by atoms with Gasteiger partial charge in [-0.05, 0) is 24.3 Å². The minimum absolute atomic E-state index is 0.244. The van der Waals surface area contributed by atoms with Crippen LogP contribution in [0.2, 0.25) is 0 Å². The highest BCUT2D eigenvalue weighted by Crippen LogP contribution is 2.24. The van der Waals surface area contributed by atoms with E-state index < -0.39 is 0 Å². The van der Waals surface area contributed by atoms with E-state index in [9.17, 15) is 4.39 Å². The molecule has 0 radical (unpaired) electrons. The smallest absolute Gasteiger partial charge is 0.185 e. The molecule has 1 aliphatic heterocycles. The van der Waals surface area contributed by atoms with Crippen LogP contribution >= 0.6 is 0 Å². The monoisotopic (exact) mass is 233 g/mol. The highest BCUT2D eigenvalue weighted by Gasteiger charge is 2.19. The van der Waals surface area contributed by atoms with Crippen molar-refractivity contribution in [3.05, 3.63) is 54.1 Å². The molecule has 0 unspecified atom stereocenters. The number of ether oxygens (including phenoxy) is 2. The highest BCUT2D eigenvalue weighted by molar-refractivity contribution is 5.34. The van der Waals surface area contributed by atoms with Crippen molar-refractivity contribution in [1.29, 1.82) is 0 Å². The minimum Gasteiger partial charge on any atom is -0.346 e. The van der Waals surface area contributed by atoms with E-state index in [1.807, 2.05) is 29.1 Å². The van der Waals surface area contributed by atoms with E-state index in [0.29, 0.717) is 13.2 Å². The van der Waals surface area contributed by atoms with Crippen molar-refractivity contribution < 1.29 is 13.9 Å². The normalized spacial score (nSPS) is 16.5. The van der Waals surface area contributed by atoms with Crippen LogP contribution in [0.1, 0.15) is 11.9 Å². The molecule has 0 spiro atoms. The molecule has 0 amide bonds. The Hall–Kier alpha value is -1.65. The van der Waals surface area contributed by atoms with E-state index >= 15 is 0 Å². The standard InChI is InChI=1S/C13H12FNO2/c14-11-2-1-3-12(8-11)15-5-4-10(9-15)13-16-6-7-17-13/h1-5,8-9,13H,6-7H2. The van der Waals surface area contributed by atoms with Gasteiger partial charge in [-0.25, -0.2) is 4.39 Å². The maximum absolute atomic E-state index is 13.1. The topological polar surface area (TPSA) is 23.4 Å². The van der Waals surface area contributed by atoms with Gasteiger partial charge < -0.3 is 14.0 Å². The van der Waals surface area contributed by atoms with Crippen LogP contribution in [0.15, 0.2) is 42.7 Å². The Balaban J connectivity index is 1.89. The summed E-state index contributed by atoms with van der Waals surface area (Å²) in [4.78, 5) is 0. The van der Waals surface area contributed by atoms with E-state index in [1.165, 1.54) is 12.1 Å². The molecule has 1 fully saturated rings. The first-order valence-electron chi connectivity index (χ1n) is 5.50. The zero-order valence-electron chi connectivity index (χ0n) is 9.17. The van der Waals surface area contributed by atoms with Gasteiger partial charge in [0.25, 0.3) is 0 Å². The average molecular weight is 233 g/mol. The summed E-state index contributed by atoms with van der Waals surface area (Å²) in [5.41, 5.74) is 1.74. The van der Waals surface area contributed by atoms with Gasteiger partial charge in [0.1, 0.15) is 5.82 Å². The fraction of sp³-hybridized carbons (Fsp3) is 0.231. The Morgan fingerprint density at radius 1 is 1.18 bits per heavy atom. The van der Waals surface area contributed by atoms with Crippen molar-refractivity contribution in [3.63, 3.8) is 0 Å². The summed E-state index contributed by atoms with van der Waals surface area (Å²) in [7, 11) is 0. The summed E-state index contributed by atoms with van der Waals surface area (Å²) in [6.45, 7) is 1.24. The van der Waals surface area contributed by atoms with Crippen LogP contribution in [0.5, 0.6) is 0 Å². The van der Waals surface area contributed by atoms with E-state index in [1.54, 1.807) is 6.07 Å². The summed E-state index contributed by atoms with van der Waals surface area (Å²) in [5.74, 6) is -0.244. The van der Waals surface area contributed by atoms with Crippen LogP contribution in [-0.4, -0.2) is 17.8 Å². The van der Waals surface area contributed by atoms with Crippen molar-refractivity contribution in [2.75, 3.05) is 13.2 Å². The van der Waals surface area contributed by atoms with Crippen LogP contribution in [0.4, 0.5) is 4.39 Å². The van der Waals surface area contributed by atoms with Gasteiger partial charge >= 0.3 is 0 Å². The largest absolute Gasteiger partial charge is 0.346 e. The molecule has 2 aromatic rings. The molecule has 17 heavy (non-hydrogen) atoms. The fourth-order valence-corrected chi connectivity index (χ4v) is 1.90. The zero-order valence-corrected chi connectivity index (χ0v) is 9.17. The second-order valence-corrected chi connectivity index (χ2v) is 3.91. The van der Waals surface area contributed by atoms with Crippen molar-refractivity contribution in [2.45, 2.75) is 6.29 Å². The van der Waals surface area contributed by atoms with E-state index in [4.69, 9.17) is 9.47 Å². The average Bonchev–Trinajstić information content (AvgIpc) is 3.00. The molecule has 2 heterocycles. The molecule has 1 aromatic carbocycles. The Labute approximate surface area is 98.4 Å². The van der Waals surface area contributed by atoms with Crippen molar-refractivity contribution in [1.82, 2.24) is 4.57 Å². The molecule has 0 saturated carbocycles. The van der Waals surface area contributed by atoms with Gasteiger partial charge in [-0.3, -0.25) is 0 Å². The van der Waals surface area contributed by atoms with Gasteiger partial charge in [-0.1, -0.05) is 6.07 Å². The molecule has 1 aromatic heterocycles. The van der Waals surface area contributed by atoms with Gasteiger partial charge in [0.05, 0.1) is 13.2 Å². The van der Waals surface area contributed by atoms with Gasteiger partial charge in [0, 0.05) is 23.6 Å². The molecule has 3 nitrogen and oxygen atoms in total. The predicted molar refractivity (Wildman–Crippen MR) is 60.4 cm³/mol. The summed E-state index contributed by atoms with van der Waals surface area (Å²) in [6.07, 6.45) is 3.48. The molecule has 88 valence electrons. The predicted octanol–water partition coefficient (Wildman–Crippen LogP) is 2.66. The molecule has 4 heteroatoms. The molecule has 0 atom stereocenters. The van der Waals surface area contributed by atoms with Crippen LogP contribution in [0, 0.1) is 5.82 Å². The Morgan fingerprint density at radius 3 is 2.76 bits per heavy atom. The second-order valence-electron chi connectivity index (χ2n) is 3.91. The van der Waals surface area contributed by atoms with Crippen LogP contribution < -0.4 is 0 Å². The molecule has 1 aliphatic rings. The number of hydrogen-bond donors (Lipinski definition) is 0.